The molecule has 4 nitrogen and oxygen atoms in total. The molecular formula is C26H31N3O. The van der Waals surface area contributed by atoms with Crippen molar-refractivity contribution >= 4 is 17.3 Å². The number of rotatable bonds is 6. The molecule has 4 heteroatoms. The van der Waals surface area contributed by atoms with E-state index in [-0.39, 0.29) is 5.91 Å². The number of carbonyl (C=O) groups excluding carboxylic acids is 1. The molecule has 1 amide bonds. The highest BCUT2D eigenvalue weighted by Gasteiger charge is 2.23. The fraction of sp³-hybridized carbons (Fsp3) is 0.346. The number of fused-ring (bicyclic) bond motifs is 1. The van der Waals surface area contributed by atoms with Crippen molar-refractivity contribution in [1.29, 1.82) is 0 Å². The van der Waals surface area contributed by atoms with E-state index in [4.69, 9.17) is 0 Å². The third-order valence-corrected chi connectivity index (χ3v) is 6.01. The Labute approximate surface area is 180 Å². The van der Waals surface area contributed by atoms with E-state index in [0.29, 0.717) is 13.0 Å². The molecule has 2 aromatic rings. The van der Waals surface area contributed by atoms with Crippen LogP contribution in [-0.4, -0.2) is 43.5 Å². The monoisotopic (exact) mass is 401 g/mol. The van der Waals surface area contributed by atoms with E-state index in [1.54, 1.807) is 6.08 Å². The van der Waals surface area contributed by atoms with Gasteiger partial charge in [-0.1, -0.05) is 36.4 Å². The minimum absolute atomic E-state index is 0.194. The summed E-state index contributed by atoms with van der Waals surface area (Å²) in [6.45, 7) is 10.7. The maximum atomic E-state index is 12.2. The Hall–Kier alpha value is -3.01. The average molecular weight is 402 g/mol. The Morgan fingerprint density at radius 1 is 1.03 bits per heavy atom. The Kier molecular flexibility index (Phi) is 6.22. The Morgan fingerprint density at radius 3 is 2.63 bits per heavy atom. The summed E-state index contributed by atoms with van der Waals surface area (Å²) in [6.07, 6.45) is 8.65. The molecule has 2 aliphatic heterocycles. The number of hydrogen-bond donors (Lipinski definition) is 0. The summed E-state index contributed by atoms with van der Waals surface area (Å²) in [5, 5.41) is 0. The number of piperazine rings is 1. The second-order valence-electron chi connectivity index (χ2n) is 8.21. The topological polar surface area (TPSA) is 26.8 Å². The van der Waals surface area contributed by atoms with Crippen LogP contribution in [0.2, 0.25) is 0 Å². The van der Waals surface area contributed by atoms with E-state index in [2.05, 4.69) is 78.0 Å². The summed E-state index contributed by atoms with van der Waals surface area (Å²) >= 11 is 0. The molecule has 2 heterocycles. The smallest absolute Gasteiger partial charge is 0.227 e. The Morgan fingerprint density at radius 2 is 1.87 bits per heavy atom. The average Bonchev–Trinajstić information content (AvgIpc) is 2.76. The first kappa shape index (κ1) is 20.3. The van der Waals surface area contributed by atoms with Gasteiger partial charge < -0.3 is 14.7 Å². The zero-order valence-electron chi connectivity index (χ0n) is 17.9. The molecule has 2 aromatic carbocycles. The van der Waals surface area contributed by atoms with E-state index in [1.807, 2.05) is 4.90 Å². The van der Waals surface area contributed by atoms with Crippen LogP contribution in [0.1, 0.15) is 23.1 Å². The van der Waals surface area contributed by atoms with Gasteiger partial charge in [-0.05, 0) is 60.9 Å². The first-order valence-corrected chi connectivity index (χ1v) is 10.9. The van der Waals surface area contributed by atoms with Gasteiger partial charge in [0.15, 0.2) is 0 Å². The third kappa shape index (κ3) is 4.59. The highest BCUT2D eigenvalue weighted by molar-refractivity contribution is 5.96. The molecule has 1 fully saturated rings. The fourth-order valence-electron chi connectivity index (χ4n) is 4.36. The molecule has 0 saturated carbocycles. The van der Waals surface area contributed by atoms with E-state index in [0.717, 1.165) is 44.7 Å². The predicted octanol–water partition coefficient (Wildman–Crippen LogP) is 4.34. The van der Waals surface area contributed by atoms with Crippen molar-refractivity contribution in [3.63, 3.8) is 0 Å². The number of nitrogens with zero attached hydrogens (tertiary/aromatic N) is 3. The van der Waals surface area contributed by atoms with Gasteiger partial charge in [-0.2, -0.15) is 0 Å². The molecule has 0 atom stereocenters. The minimum atomic E-state index is 0.194. The second kappa shape index (κ2) is 9.21. The quantitative estimate of drug-likeness (QED) is 0.674. The lowest BCUT2D eigenvalue weighted by Gasteiger charge is -2.35. The SMILES string of the molecule is C=CCN1C(=O)CCc2cc(C/C=C/N3CCN(c4cccc(C)c4)CC3)ccc21. The normalized spacial score (nSPS) is 16.8. The number of aryl methyl sites for hydroxylation is 2. The van der Waals surface area contributed by atoms with Crippen LogP contribution >= 0.6 is 0 Å². The van der Waals surface area contributed by atoms with Crippen LogP contribution in [-0.2, 0) is 17.6 Å². The van der Waals surface area contributed by atoms with Crippen molar-refractivity contribution in [3.8, 4) is 0 Å². The predicted molar refractivity (Wildman–Crippen MR) is 125 cm³/mol. The molecule has 2 aliphatic rings. The van der Waals surface area contributed by atoms with Crippen molar-refractivity contribution in [1.82, 2.24) is 4.90 Å². The first-order valence-electron chi connectivity index (χ1n) is 10.9. The van der Waals surface area contributed by atoms with Gasteiger partial charge in [0, 0.05) is 50.5 Å². The van der Waals surface area contributed by atoms with Crippen LogP contribution < -0.4 is 9.80 Å². The number of allylic oxidation sites excluding steroid dienone is 1. The lowest BCUT2D eigenvalue weighted by molar-refractivity contribution is -0.118. The van der Waals surface area contributed by atoms with E-state index < -0.39 is 0 Å². The summed E-state index contributed by atoms with van der Waals surface area (Å²) in [5.74, 6) is 0.194. The summed E-state index contributed by atoms with van der Waals surface area (Å²) in [5.41, 5.74) is 6.27. The summed E-state index contributed by atoms with van der Waals surface area (Å²) < 4.78 is 0. The molecule has 156 valence electrons. The van der Waals surface area contributed by atoms with Crippen molar-refractivity contribution < 1.29 is 4.79 Å². The molecule has 30 heavy (non-hydrogen) atoms. The molecule has 0 N–H and O–H groups in total. The zero-order valence-corrected chi connectivity index (χ0v) is 17.9. The van der Waals surface area contributed by atoms with Crippen molar-refractivity contribution in [3.05, 3.63) is 84.1 Å². The second-order valence-corrected chi connectivity index (χ2v) is 8.21. The van der Waals surface area contributed by atoms with Gasteiger partial charge in [-0.25, -0.2) is 0 Å². The van der Waals surface area contributed by atoms with Crippen LogP contribution in [0.15, 0.2) is 67.4 Å². The highest BCUT2D eigenvalue weighted by Crippen LogP contribution is 2.29. The summed E-state index contributed by atoms with van der Waals surface area (Å²) in [6, 6.07) is 15.3. The van der Waals surface area contributed by atoms with Crippen LogP contribution in [0.3, 0.4) is 0 Å². The molecule has 0 bridgehead atoms. The van der Waals surface area contributed by atoms with Crippen molar-refractivity contribution in [2.24, 2.45) is 0 Å². The van der Waals surface area contributed by atoms with Gasteiger partial charge >= 0.3 is 0 Å². The maximum Gasteiger partial charge on any atom is 0.227 e. The van der Waals surface area contributed by atoms with Crippen LogP contribution in [0, 0.1) is 6.92 Å². The van der Waals surface area contributed by atoms with E-state index in [1.165, 1.54) is 22.4 Å². The van der Waals surface area contributed by atoms with Crippen molar-refractivity contribution in [2.75, 3.05) is 42.5 Å². The lowest BCUT2D eigenvalue weighted by atomic mass is 9.97. The molecule has 1 saturated heterocycles. The first-order chi connectivity index (χ1) is 14.6. The standard InChI is InChI=1S/C26H31N3O/c1-3-13-29-25-11-9-22(20-23(25)10-12-26(29)30)7-5-14-27-15-17-28(18-16-27)24-8-4-6-21(2)19-24/h3-6,8-9,11,14,19-20H,1,7,10,12-13,15-18H2,2H3/b14-5+. The van der Waals surface area contributed by atoms with Gasteiger partial charge in [0.25, 0.3) is 0 Å². The van der Waals surface area contributed by atoms with Crippen LogP contribution in [0.25, 0.3) is 0 Å². The maximum absolute atomic E-state index is 12.2. The largest absolute Gasteiger partial charge is 0.374 e. The number of carbonyl (C=O) groups is 1. The van der Waals surface area contributed by atoms with Crippen LogP contribution in [0.5, 0.6) is 0 Å². The zero-order chi connectivity index (χ0) is 20.9. The molecule has 0 aromatic heterocycles. The highest BCUT2D eigenvalue weighted by atomic mass is 16.2. The molecule has 4 rings (SSSR count). The Bertz CT molecular complexity index is 941. The molecule has 0 spiro atoms. The lowest BCUT2D eigenvalue weighted by Crippen LogP contribution is -2.44. The van der Waals surface area contributed by atoms with Gasteiger partial charge in [-0.15, -0.1) is 6.58 Å². The molecular weight excluding hydrogens is 370 g/mol. The van der Waals surface area contributed by atoms with Gasteiger partial charge in [-0.3, -0.25) is 4.79 Å². The van der Waals surface area contributed by atoms with E-state index >= 15 is 0 Å². The van der Waals surface area contributed by atoms with Crippen LogP contribution in [0.4, 0.5) is 11.4 Å². The molecule has 0 unspecified atom stereocenters. The van der Waals surface area contributed by atoms with Gasteiger partial charge in [0.1, 0.15) is 0 Å². The fourth-order valence-corrected chi connectivity index (χ4v) is 4.36. The summed E-state index contributed by atoms with van der Waals surface area (Å²) in [7, 11) is 0. The third-order valence-electron chi connectivity index (χ3n) is 6.01. The number of amides is 1. The van der Waals surface area contributed by atoms with Gasteiger partial charge in [0.2, 0.25) is 5.91 Å². The number of hydrogen-bond acceptors (Lipinski definition) is 3. The number of benzene rings is 2. The van der Waals surface area contributed by atoms with Gasteiger partial charge in [0.05, 0.1) is 0 Å². The molecule has 0 radical (unpaired) electrons. The van der Waals surface area contributed by atoms with Crippen molar-refractivity contribution in [2.45, 2.75) is 26.2 Å². The Balaban J connectivity index is 1.32. The number of anilines is 2. The minimum Gasteiger partial charge on any atom is -0.374 e. The summed E-state index contributed by atoms with van der Waals surface area (Å²) in [4.78, 5) is 18.9. The molecule has 0 aliphatic carbocycles. The van der Waals surface area contributed by atoms with E-state index in [9.17, 15) is 4.79 Å².